The van der Waals surface area contributed by atoms with Crippen molar-refractivity contribution < 1.29 is 9.59 Å². The Morgan fingerprint density at radius 1 is 0.963 bits per heavy atom. The SMILES string of the molecule is O=C(Cc1cccc(Cl)c1)Nc1cccc(CNC(=O)c2cccnc2)c1. The minimum absolute atomic E-state index is 0.131. The van der Waals surface area contributed by atoms with Gasteiger partial charge in [0.25, 0.3) is 5.91 Å². The standard InChI is InChI=1S/C21H18ClN3O2/c22-18-7-1-4-15(10-18)12-20(26)25-19-8-2-5-16(11-19)13-24-21(27)17-6-3-9-23-14-17/h1-11,14H,12-13H2,(H,24,27)(H,25,26). The second-order valence-electron chi connectivity index (χ2n) is 5.98. The molecule has 0 radical (unpaired) electrons. The van der Waals surface area contributed by atoms with Crippen molar-refractivity contribution in [3.05, 3.63) is 94.8 Å². The normalized spacial score (nSPS) is 10.3. The molecule has 2 N–H and O–H groups in total. The van der Waals surface area contributed by atoms with Gasteiger partial charge in [-0.1, -0.05) is 35.9 Å². The highest BCUT2D eigenvalue weighted by molar-refractivity contribution is 6.30. The number of nitrogens with zero attached hydrogens (tertiary/aromatic N) is 1. The van der Waals surface area contributed by atoms with Gasteiger partial charge in [-0.3, -0.25) is 14.6 Å². The van der Waals surface area contributed by atoms with Gasteiger partial charge in [-0.2, -0.15) is 0 Å². The number of rotatable bonds is 6. The minimum atomic E-state index is -0.196. The van der Waals surface area contributed by atoms with Crippen LogP contribution in [0.3, 0.4) is 0 Å². The van der Waals surface area contributed by atoms with Crippen LogP contribution in [-0.4, -0.2) is 16.8 Å². The average molecular weight is 380 g/mol. The van der Waals surface area contributed by atoms with Gasteiger partial charge in [-0.05, 0) is 47.5 Å². The Morgan fingerprint density at radius 2 is 1.78 bits per heavy atom. The Bertz CT molecular complexity index is 945. The summed E-state index contributed by atoms with van der Waals surface area (Å²) in [5.74, 6) is -0.327. The Hall–Kier alpha value is -3.18. The molecule has 3 rings (SSSR count). The fourth-order valence-corrected chi connectivity index (χ4v) is 2.79. The number of hydrogen-bond donors (Lipinski definition) is 2. The Labute approximate surface area is 162 Å². The number of carbonyl (C=O) groups excluding carboxylic acids is 2. The summed E-state index contributed by atoms with van der Waals surface area (Å²) in [7, 11) is 0. The smallest absolute Gasteiger partial charge is 0.253 e. The summed E-state index contributed by atoms with van der Waals surface area (Å²) in [4.78, 5) is 28.2. The van der Waals surface area contributed by atoms with Crippen LogP contribution in [0, 0.1) is 0 Å². The van der Waals surface area contributed by atoms with Gasteiger partial charge in [0.1, 0.15) is 0 Å². The summed E-state index contributed by atoms with van der Waals surface area (Å²) in [5.41, 5.74) is 2.91. The van der Waals surface area contributed by atoms with E-state index in [1.165, 1.54) is 6.20 Å². The summed E-state index contributed by atoms with van der Waals surface area (Å²) >= 11 is 5.94. The fraction of sp³-hybridized carbons (Fsp3) is 0.0952. The monoisotopic (exact) mass is 379 g/mol. The van der Waals surface area contributed by atoms with Crippen LogP contribution in [-0.2, 0) is 17.8 Å². The summed E-state index contributed by atoms with van der Waals surface area (Å²) in [6.45, 7) is 0.353. The maximum Gasteiger partial charge on any atom is 0.253 e. The lowest BCUT2D eigenvalue weighted by atomic mass is 10.1. The number of nitrogens with one attached hydrogen (secondary N) is 2. The van der Waals surface area contributed by atoms with Crippen molar-refractivity contribution in [3.8, 4) is 0 Å². The number of anilines is 1. The molecule has 0 atom stereocenters. The summed E-state index contributed by atoms with van der Waals surface area (Å²) < 4.78 is 0. The molecule has 0 unspecified atom stereocenters. The van der Waals surface area contributed by atoms with Crippen LogP contribution in [0.1, 0.15) is 21.5 Å². The van der Waals surface area contributed by atoms with E-state index in [-0.39, 0.29) is 18.2 Å². The van der Waals surface area contributed by atoms with Crippen LogP contribution < -0.4 is 10.6 Å². The van der Waals surface area contributed by atoms with Crippen LogP contribution in [0.15, 0.2) is 73.1 Å². The van der Waals surface area contributed by atoms with Crippen LogP contribution in [0.2, 0.25) is 5.02 Å². The van der Waals surface area contributed by atoms with E-state index in [1.54, 1.807) is 30.5 Å². The first-order valence-electron chi connectivity index (χ1n) is 8.41. The molecule has 0 saturated carbocycles. The number of amides is 2. The first kappa shape index (κ1) is 18.6. The third-order valence-corrected chi connectivity index (χ3v) is 4.08. The highest BCUT2D eigenvalue weighted by Gasteiger charge is 2.07. The van der Waals surface area contributed by atoms with E-state index in [4.69, 9.17) is 11.6 Å². The zero-order chi connectivity index (χ0) is 19.1. The van der Waals surface area contributed by atoms with Gasteiger partial charge >= 0.3 is 0 Å². The largest absolute Gasteiger partial charge is 0.348 e. The molecule has 0 aliphatic rings. The van der Waals surface area contributed by atoms with Crippen LogP contribution >= 0.6 is 11.6 Å². The molecule has 0 saturated heterocycles. The molecule has 2 aromatic carbocycles. The number of pyridine rings is 1. The third kappa shape index (κ3) is 5.66. The maximum atomic E-state index is 12.2. The lowest BCUT2D eigenvalue weighted by Gasteiger charge is -2.09. The van der Waals surface area contributed by atoms with E-state index in [0.29, 0.717) is 22.8 Å². The minimum Gasteiger partial charge on any atom is -0.348 e. The van der Waals surface area contributed by atoms with Crippen molar-refractivity contribution in [1.82, 2.24) is 10.3 Å². The molecule has 6 heteroatoms. The van der Waals surface area contributed by atoms with Crippen LogP contribution in [0.25, 0.3) is 0 Å². The molecular formula is C21H18ClN3O2. The van der Waals surface area contributed by atoms with Gasteiger partial charge in [0.05, 0.1) is 12.0 Å². The maximum absolute atomic E-state index is 12.2. The van der Waals surface area contributed by atoms with Gasteiger partial charge < -0.3 is 10.6 Å². The quantitative estimate of drug-likeness (QED) is 0.683. The predicted molar refractivity (Wildman–Crippen MR) is 106 cm³/mol. The first-order valence-corrected chi connectivity index (χ1v) is 8.79. The van der Waals surface area contributed by atoms with E-state index < -0.39 is 0 Å². The molecule has 1 heterocycles. The molecule has 0 fully saturated rings. The van der Waals surface area contributed by atoms with E-state index in [2.05, 4.69) is 15.6 Å². The first-order chi connectivity index (χ1) is 13.1. The topological polar surface area (TPSA) is 71.1 Å². The Kier molecular flexibility index (Phi) is 6.18. The molecule has 136 valence electrons. The van der Waals surface area contributed by atoms with Gasteiger partial charge in [0, 0.05) is 29.6 Å². The van der Waals surface area contributed by atoms with Gasteiger partial charge in [-0.25, -0.2) is 0 Å². The molecule has 0 bridgehead atoms. The lowest BCUT2D eigenvalue weighted by molar-refractivity contribution is -0.115. The van der Waals surface area contributed by atoms with Crippen LogP contribution in [0.4, 0.5) is 5.69 Å². The highest BCUT2D eigenvalue weighted by atomic mass is 35.5. The van der Waals surface area contributed by atoms with E-state index in [0.717, 1.165) is 11.1 Å². The number of benzene rings is 2. The van der Waals surface area contributed by atoms with Crippen molar-refractivity contribution in [2.24, 2.45) is 0 Å². The van der Waals surface area contributed by atoms with Gasteiger partial charge in [0.15, 0.2) is 0 Å². The summed E-state index contributed by atoms with van der Waals surface area (Å²) in [6, 6.07) is 18.0. The molecule has 2 amide bonds. The highest BCUT2D eigenvalue weighted by Crippen LogP contribution is 2.14. The molecular weight excluding hydrogens is 362 g/mol. The van der Waals surface area contributed by atoms with Gasteiger partial charge in [0.2, 0.25) is 5.91 Å². The van der Waals surface area contributed by atoms with Crippen molar-refractivity contribution in [2.45, 2.75) is 13.0 Å². The number of halogens is 1. The van der Waals surface area contributed by atoms with Crippen LogP contribution in [0.5, 0.6) is 0 Å². The molecule has 5 nitrogen and oxygen atoms in total. The average Bonchev–Trinajstić information content (AvgIpc) is 2.67. The third-order valence-electron chi connectivity index (χ3n) is 3.84. The molecule has 27 heavy (non-hydrogen) atoms. The Balaban J connectivity index is 1.57. The number of carbonyl (C=O) groups is 2. The molecule has 0 spiro atoms. The van der Waals surface area contributed by atoms with E-state index >= 15 is 0 Å². The predicted octanol–water partition coefficient (Wildman–Crippen LogP) is 3.85. The number of hydrogen-bond acceptors (Lipinski definition) is 3. The van der Waals surface area contributed by atoms with Crippen molar-refractivity contribution in [1.29, 1.82) is 0 Å². The summed E-state index contributed by atoms with van der Waals surface area (Å²) in [5, 5.41) is 6.30. The van der Waals surface area contributed by atoms with Crippen molar-refractivity contribution >= 4 is 29.1 Å². The summed E-state index contributed by atoms with van der Waals surface area (Å²) in [6.07, 6.45) is 3.37. The van der Waals surface area contributed by atoms with Crippen molar-refractivity contribution in [3.63, 3.8) is 0 Å². The molecule has 3 aromatic rings. The van der Waals surface area contributed by atoms with E-state index in [1.807, 2.05) is 36.4 Å². The molecule has 1 aromatic heterocycles. The number of aromatic nitrogens is 1. The van der Waals surface area contributed by atoms with Gasteiger partial charge in [-0.15, -0.1) is 0 Å². The zero-order valence-electron chi connectivity index (χ0n) is 14.5. The Morgan fingerprint density at radius 3 is 2.56 bits per heavy atom. The van der Waals surface area contributed by atoms with E-state index in [9.17, 15) is 9.59 Å². The molecule has 0 aliphatic heterocycles. The molecule has 0 aliphatic carbocycles. The fourth-order valence-electron chi connectivity index (χ4n) is 2.58. The van der Waals surface area contributed by atoms with Crippen molar-refractivity contribution in [2.75, 3.05) is 5.32 Å². The zero-order valence-corrected chi connectivity index (χ0v) is 15.2. The second-order valence-corrected chi connectivity index (χ2v) is 6.42. The second kappa shape index (κ2) is 8.96. The lowest BCUT2D eigenvalue weighted by Crippen LogP contribution is -2.23.